The third-order valence-corrected chi connectivity index (χ3v) is 4.96. The van der Waals surface area contributed by atoms with Gasteiger partial charge in [0.2, 0.25) is 15.9 Å². The Bertz CT molecular complexity index is 778. The molecule has 2 rings (SSSR count). The van der Waals surface area contributed by atoms with Crippen LogP contribution in [0.15, 0.2) is 41.0 Å². The number of nitrogens with zero attached hydrogens (tertiary/aromatic N) is 1. The van der Waals surface area contributed by atoms with Crippen molar-refractivity contribution >= 4 is 21.6 Å². The molecule has 0 bridgehead atoms. The first kappa shape index (κ1) is 18.2. The lowest BCUT2D eigenvalue weighted by molar-refractivity contribution is -0.116. The van der Waals surface area contributed by atoms with Gasteiger partial charge in [-0.1, -0.05) is 18.2 Å². The lowest BCUT2D eigenvalue weighted by Gasteiger charge is -2.19. The fourth-order valence-electron chi connectivity index (χ4n) is 2.38. The van der Waals surface area contributed by atoms with Crippen molar-refractivity contribution in [2.24, 2.45) is 0 Å². The summed E-state index contributed by atoms with van der Waals surface area (Å²) in [5.74, 6) is 0.316. The lowest BCUT2D eigenvalue weighted by atomic mass is 10.1. The monoisotopic (exact) mass is 350 g/mol. The highest BCUT2D eigenvalue weighted by atomic mass is 32.2. The summed E-state index contributed by atoms with van der Waals surface area (Å²) in [6, 6.07) is 9.16. The van der Waals surface area contributed by atoms with E-state index in [9.17, 15) is 13.2 Å². The van der Waals surface area contributed by atoms with Gasteiger partial charge in [0.1, 0.15) is 5.76 Å². The molecule has 1 aromatic heterocycles. The highest BCUT2D eigenvalue weighted by Crippen LogP contribution is 2.19. The summed E-state index contributed by atoms with van der Waals surface area (Å²) in [7, 11) is -3.43. The van der Waals surface area contributed by atoms with E-state index in [1.54, 1.807) is 12.1 Å². The zero-order chi connectivity index (χ0) is 17.7. The smallest absolute Gasteiger partial charge is 0.225 e. The van der Waals surface area contributed by atoms with E-state index in [0.29, 0.717) is 5.76 Å². The summed E-state index contributed by atoms with van der Waals surface area (Å²) in [6.07, 6.45) is 2.68. The molecule has 0 aliphatic carbocycles. The summed E-state index contributed by atoms with van der Waals surface area (Å²) in [4.78, 5) is 12.2. The van der Waals surface area contributed by atoms with Gasteiger partial charge in [-0.25, -0.2) is 8.42 Å². The van der Waals surface area contributed by atoms with E-state index >= 15 is 0 Å². The molecule has 0 unspecified atom stereocenters. The Morgan fingerprint density at radius 2 is 1.83 bits per heavy atom. The summed E-state index contributed by atoms with van der Waals surface area (Å²) < 4.78 is 30.2. The highest BCUT2D eigenvalue weighted by molar-refractivity contribution is 7.88. The summed E-state index contributed by atoms with van der Waals surface area (Å²) in [6.45, 7) is 4.05. The first-order valence-corrected chi connectivity index (χ1v) is 9.46. The van der Waals surface area contributed by atoms with Crippen molar-refractivity contribution in [3.63, 3.8) is 0 Å². The molecule has 2 aromatic rings. The average molecular weight is 350 g/mol. The van der Waals surface area contributed by atoms with E-state index in [1.807, 2.05) is 32.0 Å². The van der Waals surface area contributed by atoms with Crippen LogP contribution in [0.25, 0.3) is 0 Å². The van der Waals surface area contributed by atoms with Crippen molar-refractivity contribution in [1.82, 2.24) is 4.31 Å². The highest BCUT2D eigenvalue weighted by Gasteiger charge is 2.19. The largest absolute Gasteiger partial charge is 0.468 e. The Morgan fingerprint density at radius 1 is 1.17 bits per heavy atom. The number of nitrogens with one attached hydrogen (secondary N) is 1. The van der Waals surface area contributed by atoms with E-state index in [4.69, 9.17) is 4.42 Å². The number of sulfonamides is 1. The number of anilines is 1. The number of benzene rings is 1. The third kappa shape index (κ3) is 4.94. The average Bonchev–Trinajstić information content (AvgIpc) is 2.99. The molecule has 6 nitrogen and oxygen atoms in total. The topological polar surface area (TPSA) is 79.6 Å². The molecule has 24 heavy (non-hydrogen) atoms. The van der Waals surface area contributed by atoms with Crippen molar-refractivity contribution in [3.8, 4) is 0 Å². The molecular weight excluding hydrogens is 328 g/mol. The van der Waals surface area contributed by atoms with Crippen LogP contribution in [0.4, 0.5) is 5.69 Å². The molecule has 1 amide bonds. The van der Waals surface area contributed by atoms with Crippen LogP contribution >= 0.6 is 0 Å². The maximum Gasteiger partial charge on any atom is 0.225 e. The predicted molar refractivity (Wildman–Crippen MR) is 93.1 cm³/mol. The summed E-state index contributed by atoms with van der Waals surface area (Å²) >= 11 is 0. The molecule has 0 atom stereocenters. The Balaban J connectivity index is 2.00. The second kappa shape index (κ2) is 7.63. The molecule has 7 heteroatoms. The molecule has 1 aromatic carbocycles. The van der Waals surface area contributed by atoms with Gasteiger partial charge in [-0.3, -0.25) is 4.79 Å². The maximum atomic E-state index is 12.2. The number of furan rings is 1. The first-order valence-electron chi connectivity index (χ1n) is 7.61. The molecular formula is C17H22N2O4S. The summed E-state index contributed by atoms with van der Waals surface area (Å²) in [5, 5.41) is 2.86. The number of aryl methyl sites for hydroxylation is 2. The van der Waals surface area contributed by atoms with Gasteiger partial charge >= 0.3 is 0 Å². The fourth-order valence-corrected chi connectivity index (χ4v) is 3.16. The van der Waals surface area contributed by atoms with Crippen molar-refractivity contribution in [2.75, 3.05) is 18.1 Å². The Kier molecular flexibility index (Phi) is 5.80. The molecule has 1 N–H and O–H groups in total. The maximum absolute atomic E-state index is 12.2. The quantitative estimate of drug-likeness (QED) is 0.832. The lowest BCUT2D eigenvalue weighted by Crippen LogP contribution is -2.32. The number of para-hydroxylation sites is 1. The van der Waals surface area contributed by atoms with Crippen LogP contribution in [0.5, 0.6) is 0 Å². The molecule has 0 saturated heterocycles. The Labute approximate surface area is 142 Å². The number of carbonyl (C=O) groups excluding carboxylic acids is 1. The Morgan fingerprint density at radius 3 is 2.38 bits per heavy atom. The van der Waals surface area contributed by atoms with Gasteiger partial charge in [-0.05, 0) is 37.1 Å². The van der Waals surface area contributed by atoms with Crippen molar-refractivity contribution in [1.29, 1.82) is 0 Å². The predicted octanol–water partition coefficient (Wildman–Crippen LogP) is 2.69. The molecule has 0 radical (unpaired) electrons. The van der Waals surface area contributed by atoms with Crippen molar-refractivity contribution < 1.29 is 17.6 Å². The van der Waals surface area contributed by atoms with Gasteiger partial charge in [0, 0.05) is 18.7 Å². The van der Waals surface area contributed by atoms with Crippen LogP contribution in [0.3, 0.4) is 0 Å². The number of carbonyl (C=O) groups is 1. The van der Waals surface area contributed by atoms with Gasteiger partial charge in [-0.15, -0.1) is 0 Å². The minimum atomic E-state index is -3.43. The van der Waals surface area contributed by atoms with E-state index in [-0.39, 0.29) is 25.4 Å². The van der Waals surface area contributed by atoms with Gasteiger partial charge < -0.3 is 9.73 Å². The Hall–Kier alpha value is -2.12. The SMILES string of the molecule is Cc1cccc(C)c1NC(=O)CCN(Cc1ccco1)S(C)(=O)=O. The molecule has 0 aliphatic rings. The molecule has 130 valence electrons. The zero-order valence-electron chi connectivity index (χ0n) is 14.1. The van der Waals surface area contributed by atoms with Gasteiger partial charge in [0.15, 0.2) is 0 Å². The number of amides is 1. The third-order valence-electron chi connectivity index (χ3n) is 3.72. The van der Waals surface area contributed by atoms with E-state index < -0.39 is 10.0 Å². The summed E-state index contributed by atoms with van der Waals surface area (Å²) in [5.41, 5.74) is 2.72. The first-order chi connectivity index (χ1) is 11.3. The fraction of sp³-hybridized carbons (Fsp3) is 0.353. The van der Waals surface area contributed by atoms with Crippen molar-refractivity contribution in [2.45, 2.75) is 26.8 Å². The minimum Gasteiger partial charge on any atom is -0.468 e. The standard InChI is InChI=1S/C17H22N2O4S/c1-13-6-4-7-14(2)17(13)18-16(20)9-10-19(24(3,21)22)12-15-8-5-11-23-15/h4-8,11H,9-10,12H2,1-3H3,(H,18,20). The molecule has 1 heterocycles. The molecule has 0 fully saturated rings. The number of hydrogen-bond acceptors (Lipinski definition) is 4. The van der Waals surface area contributed by atoms with Crippen LogP contribution in [0.1, 0.15) is 23.3 Å². The molecule has 0 aliphatic heterocycles. The molecule has 0 spiro atoms. The van der Waals surface area contributed by atoms with Gasteiger partial charge in [0.05, 0.1) is 19.1 Å². The van der Waals surface area contributed by atoms with E-state index in [2.05, 4.69) is 5.32 Å². The number of rotatable bonds is 7. The van der Waals surface area contributed by atoms with Crippen LogP contribution in [0, 0.1) is 13.8 Å². The normalized spacial score (nSPS) is 11.7. The number of hydrogen-bond donors (Lipinski definition) is 1. The van der Waals surface area contributed by atoms with Crippen molar-refractivity contribution in [3.05, 3.63) is 53.5 Å². The zero-order valence-corrected chi connectivity index (χ0v) is 14.9. The van der Waals surface area contributed by atoms with Crippen LogP contribution in [-0.4, -0.2) is 31.4 Å². The second-order valence-corrected chi connectivity index (χ2v) is 7.72. The van der Waals surface area contributed by atoms with Crippen LogP contribution in [-0.2, 0) is 21.4 Å². The molecule has 0 saturated carbocycles. The van der Waals surface area contributed by atoms with Gasteiger partial charge in [-0.2, -0.15) is 4.31 Å². The second-order valence-electron chi connectivity index (χ2n) is 5.74. The minimum absolute atomic E-state index is 0.0710. The van der Waals surface area contributed by atoms with E-state index in [1.165, 1.54) is 10.6 Å². The van der Waals surface area contributed by atoms with Crippen LogP contribution < -0.4 is 5.32 Å². The van der Waals surface area contributed by atoms with Crippen LogP contribution in [0.2, 0.25) is 0 Å². The van der Waals surface area contributed by atoms with Gasteiger partial charge in [0.25, 0.3) is 0 Å². The van der Waals surface area contributed by atoms with E-state index in [0.717, 1.165) is 23.1 Å².